The van der Waals surface area contributed by atoms with Crippen molar-refractivity contribution in [2.24, 2.45) is 23.7 Å². The van der Waals surface area contributed by atoms with Gasteiger partial charge in [0.25, 0.3) is 0 Å². The summed E-state index contributed by atoms with van der Waals surface area (Å²) >= 11 is 0. The van der Waals surface area contributed by atoms with Gasteiger partial charge in [0.1, 0.15) is 0 Å². The number of benzene rings is 1. The number of amides is 1. The second-order valence-corrected chi connectivity index (χ2v) is 8.98. The van der Waals surface area contributed by atoms with Crippen LogP contribution in [0.15, 0.2) is 18.2 Å². The molecule has 0 radical (unpaired) electrons. The molecule has 4 heteroatoms. The van der Waals surface area contributed by atoms with Gasteiger partial charge < -0.3 is 14.8 Å². The molecule has 0 saturated heterocycles. The zero-order valence-corrected chi connectivity index (χ0v) is 16.2. The molecule has 0 heterocycles. The Morgan fingerprint density at radius 2 is 1.65 bits per heavy atom. The molecule has 4 nitrogen and oxygen atoms in total. The molecular weight excluding hydrogens is 326 g/mol. The van der Waals surface area contributed by atoms with Crippen molar-refractivity contribution < 1.29 is 14.3 Å². The molecule has 1 amide bonds. The summed E-state index contributed by atoms with van der Waals surface area (Å²) in [7, 11) is 3.28. The van der Waals surface area contributed by atoms with Crippen LogP contribution in [0.1, 0.15) is 51.0 Å². The number of hydrogen-bond donors (Lipinski definition) is 1. The molecule has 4 bridgehead atoms. The molecule has 142 valence electrons. The Morgan fingerprint density at radius 1 is 1.08 bits per heavy atom. The van der Waals surface area contributed by atoms with Gasteiger partial charge in [-0.25, -0.2) is 0 Å². The molecule has 4 aliphatic carbocycles. The van der Waals surface area contributed by atoms with Crippen molar-refractivity contribution in [3.05, 3.63) is 23.8 Å². The lowest BCUT2D eigenvalue weighted by Gasteiger charge is -2.57. The number of carbonyl (C=O) groups excluding carboxylic acids is 1. The van der Waals surface area contributed by atoms with Gasteiger partial charge in [-0.2, -0.15) is 0 Å². The summed E-state index contributed by atoms with van der Waals surface area (Å²) < 4.78 is 10.7. The first kappa shape index (κ1) is 17.7. The van der Waals surface area contributed by atoms with Crippen molar-refractivity contribution in [2.75, 3.05) is 14.2 Å². The van der Waals surface area contributed by atoms with Crippen LogP contribution in [0.2, 0.25) is 0 Å². The van der Waals surface area contributed by atoms with Crippen LogP contribution in [-0.2, 0) is 11.2 Å². The first-order valence-corrected chi connectivity index (χ1v) is 10.0. The fourth-order valence-electron chi connectivity index (χ4n) is 6.10. The zero-order chi connectivity index (χ0) is 18.3. The summed E-state index contributed by atoms with van der Waals surface area (Å²) in [5, 5.41) is 3.50. The minimum atomic E-state index is -0.0406. The summed E-state index contributed by atoms with van der Waals surface area (Å²) in [5.41, 5.74) is 1.20. The standard InChI is InChI=1S/C22H31NO3/c1-14(6-15-4-5-19(25-2)20(10-15)26-3)21(24)23-22-11-16-7-17(12-22)9-18(8-16)13-22/h4-5,10,14,16-18H,6-9,11-13H2,1-3H3,(H,23,24). The molecule has 1 aromatic rings. The minimum absolute atomic E-state index is 0.0406. The van der Waals surface area contributed by atoms with E-state index in [1.54, 1.807) is 14.2 Å². The van der Waals surface area contributed by atoms with Crippen molar-refractivity contribution in [3.63, 3.8) is 0 Å². The van der Waals surface area contributed by atoms with E-state index in [0.29, 0.717) is 0 Å². The van der Waals surface area contributed by atoms with E-state index in [0.717, 1.165) is 41.2 Å². The molecular formula is C22H31NO3. The minimum Gasteiger partial charge on any atom is -0.493 e. The van der Waals surface area contributed by atoms with Crippen LogP contribution >= 0.6 is 0 Å². The van der Waals surface area contributed by atoms with Crippen LogP contribution in [0.3, 0.4) is 0 Å². The van der Waals surface area contributed by atoms with E-state index in [-0.39, 0.29) is 17.4 Å². The molecule has 1 unspecified atom stereocenters. The van der Waals surface area contributed by atoms with Crippen LogP contribution < -0.4 is 14.8 Å². The zero-order valence-electron chi connectivity index (χ0n) is 16.2. The third-order valence-electron chi connectivity index (χ3n) is 6.86. The predicted molar refractivity (Wildman–Crippen MR) is 101 cm³/mol. The maximum atomic E-state index is 12.9. The summed E-state index contributed by atoms with van der Waals surface area (Å²) in [4.78, 5) is 12.9. The van der Waals surface area contributed by atoms with E-state index < -0.39 is 0 Å². The Balaban J connectivity index is 1.41. The molecule has 4 aliphatic rings. The molecule has 1 aromatic carbocycles. The van der Waals surface area contributed by atoms with E-state index >= 15 is 0 Å². The number of hydrogen-bond acceptors (Lipinski definition) is 3. The summed E-state index contributed by atoms with van der Waals surface area (Å²) in [6, 6.07) is 5.92. The quantitative estimate of drug-likeness (QED) is 0.838. The molecule has 4 fully saturated rings. The van der Waals surface area contributed by atoms with Gasteiger partial charge in [-0.05, 0) is 80.4 Å². The van der Waals surface area contributed by atoms with Crippen LogP contribution in [0.4, 0.5) is 0 Å². The topological polar surface area (TPSA) is 47.6 Å². The van der Waals surface area contributed by atoms with Crippen LogP contribution in [-0.4, -0.2) is 25.7 Å². The maximum absolute atomic E-state index is 12.9. The Morgan fingerprint density at radius 3 is 2.19 bits per heavy atom. The van der Waals surface area contributed by atoms with Crippen molar-refractivity contribution in [1.29, 1.82) is 0 Å². The van der Waals surface area contributed by atoms with E-state index in [2.05, 4.69) is 5.32 Å². The average Bonchev–Trinajstić information content (AvgIpc) is 2.59. The molecule has 0 spiro atoms. The third kappa shape index (κ3) is 3.30. The summed E-state index contributed by atoms with van der Waals surface area (Å²) in [6.07, 6.45) is 8.52. The molecule has 0 aliphatic heterocycles. The fraction of sp³-hybridized carbons (Fsp3) is 0.682. The highest BCUT2D eigenvalue weighted by molar-refractivity contribution is 5.79. The van der Waals surface area contributed by atoms with Crippen molar-refractivity contribution in [1.82, 2.24) is 5.32 Å². The highest BCUT2D eigenvalue weighted by Gasteiger charge is 2.51. The average molecular weight is 357 g/mol. The summed E-state index contributed by atoms with van der Waals surface area (Å²) in [5.74, 6) is 4.16. The Hall–Kier alpha value is -1.71. The van der Waals surface area contributed by atoms with Gasteiger partial charge in [-0.1, -0.05) is 13.0 Å². The SMILES string of the molecule is COc1ccc(CC(C)C(=O)NC23CC4CC(CC(C4)C2)C3)cc1OC. The van der Waals surface area contributed by atoms with Crippen molar-refractivity contribution >= 4 is 5.91 Å². The van der Waals surface area contributed by atoms with Gasteiger partial charge >= 0.3 is 0 Å². The highest BCUT2D eigenvalue weighted by Crippen LogP contribution is 2.55. The maximum Gasteiger partial charge on any atom is 0.223 e. The Kier molecular flexibility index (Phi) is 4.62. The van der Waals surface area contributed by atoms with Crippen LogP contribution in [0, 0.1) is 23.7 Å². The normalized spacial score (nSPS) is 33.0. The molecule has 1 atom stereocenters. The van der Waals surface area contributed by atoms with Crippen molar-refractivity contribution in [2.45, 2.75) is 57.4 Å². The lowest BCUT2D eigenvalue weighted by atomic mass is 9.53. The monoisotopic (exact) mass is 357 g/mol. The number of ether oxygens (including phenoxy) is 2. The number of carbonyl (C=O) groups is 1. The second kappa shape index (κ2) is 6.79. The van der Waals surface area contributed by atoms with E-state index in [1.807, 2.05) is 25.1 Å². The largest absolute Gasteiger partial charge is 0.493 e. The van der Waals surface area contributed by atoms with Gasteiger partial charge in [0.2, 0.25) is 5.91 Å². The Bertz CT molecular complexity index is 649. The fourth-order valence-corrected chi connectivity index (χ4v) is 6.10. The van der Waals surface area contributed by atoms with E-state index in [9.17, 15) is 4.79 Å². The van der Waals surface area contributed by atoms with Crippen LogP contribution in [0.5, 0.6) is 11.5 Å². The molecule has 26 heavy (non-hydrogen) atoms. The van der Waals surface area contributed by atoms with Gasteiger partial charge in [-0.15, -0.1) is 0 Å². The smallest absolute Gasteiger partial charge is 0.223 e. The van der Waals surface area contributed by atoms with Gasteiger partial charge in [0.05, 0.1) is 14.2 Å². The van der Waals surface area contributed by atoms with Crippen LogP contribution in [0.25, 0.3) is 0 Å². The Labute approximate surface area is 156 Å². The lowest BCUT2D eigenvalue weighted by Crippen LogP contribution is -2.60. The third-order valence-corrected chi connectivity index (χ3v) is 6.86. The predicted octanol–water partition coefficient (Wildman–Crippen LogP) is 3.97. The molecule has 4 saturated carbocycles. The highest BCUT2D eigenvalue weighted by atomic mass is 16.5. The van der Waals surface area contributed by atoms with E-state index in [1.165, 1.54) is 38.5 Å². The first-order chi connectivity index (χ1) is 12.5. The number of nitrogens with one attached hydrogen (secondary N) is 1. The molecule has 0 aromatic heterocycles. The van der Waals surface area contributed by atoms with Crippen molar-refractivity contribution in [3.8, 4) is 11.5 Å². The van der Waals surface area contributed by atoms with E-state index in [4.69, 9.17) is 9.47 Å². The number of methoxy groups -OCH3 is 2. The first-order valence-electron chi connectivity index (χ1n) is 10.0. The lowest BCUT2D eigenvalue weighted by molar-refractivity contribution is -0.130. The molecule has 1 N–H and O–H groups in total. The van der Waals surface area contributed by atoms with Gasteiger partial charge in [-0.3, -0.25) is 4.79 Å². The summed E-state index contributed by atoms with van der Waals surface area (Å²) in [6.45, 7) is 2.03. The number of rotatable bonds is 6. The van der Waals surface area contributed by atoms with Gasteiger partial charge in [0.15, 0.2) is 11.5 Å². The molecule has 5 rings (SSSR count). The second-order valence-electron chi connectivity index (χ2n) is 8.98. The van der Waals surface area contributed by atoms with Gasteiger partial charge in [0, 0.05) is 11.5 Å².